The van der Waals surface area contributed by atoms with Crippen molar-refractivity contribution in [3.63, 3.8) is 0 Å². The number of hydrogen-bond donors (Lipinski definition) is 5. The van der Waals surface area contributed by atoms with E-state index in [2.05, 4.69) is 37.7 Å². The minimum absolute atomic E-state index is 0.106. The third-order valence-electron chi connectivity index (χ3n) is 15.7. The monoisotopic (exact) mass is 1000 g/mol. The van der Waals surface area contributed by atoms with E-state index >= 15 is 0 Å². The van der Waals surface area contributed by atoms with Gasteiger partial charge in [0.15, 0.2) is 12.6 Å². The summed E-state index contributed by atoms with van der Waals surface area (Å²) in [5, 5.41) is 76.4. The first-order valence-corrected chi connectivity index (χ1v) is 25.5. The zero-order valence-electron chi connectivity index (χ0n) is 44.2. The van der Waals surface area contributed by atoms with Gasteiger partial charge in [-0.1, -0.05) is 43.3 Å². The molecule has 400 valence electrons. The van der Waals surface area contributed by atoms with E-state index in [4.69, 9.17) is 28.4 Å². The van der Waals surface area contributed by atoms with Gasteiger partial charge in [0.2, 0.25) is 0 Å². The van der Waals surface area contributed by atoms with Crippen molar-refractivity contribution in [1.82, 2.24) is 39.8 Å². The highest BCUT2D eigenvalue weighted by molar-refractivity contribution is 5.73. The lowest BCUT2D eigenvalue weighted by Gasteiger charge is -2.49. The number of methoxy groups -OCH3 is 1. The number of cyclic esters (lactones) is 1. The van der Waals surface area contributed by atoms with Gasteiger partial charge >= 0.3 is 5.97 Å². The Morgan fingerprint density at radius 2 is 1.63 bits per heavy atom. The van der Waals surface area contributed by atoms with E-state index in [1.165, 1.54) is 14.0 Å². The van der Waals surface area contributed by atoms with Crippen LogP contribution in [-0.2, 0) is 52.6 Å². The average Bonchev–Trinajstić information content (AvgIpc) is 4.04. The Kier molecular flexibility index (Phi) is 19.0. The van der Waals surface area contributed by atoms with E-state index in [0.717, 1.165) is 23.4 Å². The number of benzene rings is 1. The highest BCUT2D eigenvalue weighted by Gasteiger charge is 2.53. The lowest BCUT2D eigenvalue weighted by Crippen LogP contribution is -2.61. The Morgan fingerprint density at radius 1 is 0.930 bits per heavy atom. The fourth-order valence-electron chi connectivity index (χ4n) is 11.1. The van der Waals surface area contributed by atoms with Crippen molar-refractivity contribution in [1.29, 1.82) is 0 Å². The average molecular weight is 1000 g/mol. The number of hydrogen-bond acceptors (Lipinski definition) is 18. The van der Waals surface area contributed by atoms with Gasteiger partial charge in [-0.25, -0.2) is 4.68 Å². The number of likely N-dealkylation sites (N-methyl/N-ethyl adjacent to an activating group) is 2. The quantitative estimate of drug-likeness (QED) is 0.146. The van der Waals surface area contributed by atoms with Crippen molar-refractivity contribution in [2.24, 2.45) is 17.8 Å². The van der Waals surface area contributed by atoms with Crippen LogP contribution in [0.4, 0.5) is 0 Å². The second kappa shape index (κ2) is 23.8. The lowest BCUT2D eigenvalue weighted by molar-refractivity contribution is -0.318. The molecule has 3 aliphatic rings. The van der Waals surface area contributed by atoms with Crippen molar-refractivity contribution in [2.45, 2.75) is 205 Å². The van der Waals surface area contributed by atoms with Gasteiger partial charge in [-0.15, -0.1) is 10.2 Å². The van der Waals surface area contributed by atoms with Crippen LogP contribution in [-0.4, -0.2) is 196 Å². The maximum absolute atomic E-state index is 14.5. The number of nitrogens with zero attached hydrogens (tertiary/aromatic N) is 8. The van der Waals surface area contributed by atoms with Crippen LogP contribution in [0.25, 0.3) is 5.69 Å². The van der Waals surface area contributed by atoms with E-state index < -0.39 is 102 Å². The normalized spacial score (nSPS) is 39.5. The first-order valence-electron chi connectivity index (χ1n) is 25.5. The predicted molar refractivity (Wildman–Crippen MR) is 262 cm³/mol. The highest BCUT2D eigenvalue weighted by Crippen LogP contribution is 2.40. The summed E-state index contributed by atoms with van der Waals surface area (Å²) in [5.74, 6) is -2.76. The van der Waals surface area contributed by atoms with Crippen LogP contribution >= 0.6 is 0 Å². The number of aryl methyl sites for hydroxylation is 2. The second-order valence-electron chi connectivity index (χ2n) is 21.7. The Balaban J connectivity index is 1.23. The second-order valence-corrected chi connectivity index (χ2v) is 21.7. The summed E-state index contributed by atoms with van der Waals surface area (Å²) in [6, 6.07) is 7.17. The molecule has 5 N–H and O–H groups in total. The minimum atomic E-state index is -1.83. The van der Waals surface area contributed by atoms with Crippen LogP contribution in [0.5, 0.6) is 0 Å². The number of ether oxygens (including phenoxy) is 6. The number of carbonyl (C=O) groups excluding carboxylic acids is 1. The van der Waals surface area contributed by atoms with E-state index in [1.807, 2.05) is 62.8 Å². The molecule has 0 aliphatic carbocycles. The predicted octanol–water partition coefficient (Wildman–Crippen LogP) is 2.93. The molecule has 0 bridgehead atoms. The summed E-state index contributed by atoms with van der Waals surface area (Å²) in [6.45, 7) is 19.2. The molecule has 3 saturated heterocycles. The van der Waals surface area contributed by atoms with E-state index in [-0.39, 0.29) is 31.3 Å². The summed E-state index contributed by atoms with van der Waals surface area (Å²) in [4.78, 5) is 18.5. The Hall–Kier alpha value is -3.51. The summed E-state index contributed by atoms with van der Waals surface area (Å²) in [5.41, 5.74) is -1.62. The molecule has 3 aromatic rings. The van der Waals surface area contributed by atoms with Gasteiger partial charge in [-0.3, -0.25) is 9.48 Å². The Morgan fingerprint density at radius 3 is 2.28 bits per heavy atom. The van der Waals surface area contributed by atoms with Gasteiger partial charge in [0, 0.05) is 63.8 Å². The first kappa shape index (κ1) is 56.8. The number of aliphatic hydroxyl groups excluding tert-OH is 3. The molecule has 0 unspecified atom stereocenters. The third-order valence-corrected chi connectivity index (χ3v) is 15.7. The zero-order valence-corrected chi connectivity index (χ0v) is 44.2. The maximum Gasteiger partial charge on any atom is 0.311 e. The van der Waals surface area contributed by atoms with Crippen molar-refractivity contribution < 1.29 is 58.7 Å². The molecule has 6 rings (SSSR count). The summed E-state index contributed by atoms with van der Waals surface area (Å²) < 4.78 is 41.9. The first-order chi connectivity index (χ1) is 33.4. The van der Waals surface area contributed by atoms with Crippen LogP contribution in [0.1, 0.15) is 106 Å². The molecule has 20 heteroatoms. The number of aliphatic hydroxyl groups is 5. The molecule has 0 amide bonds. The van der Waals surface area contributed by atoms with Gasteiger partial charge in [-0.05, 0) is 112 Å². The molecule has 0 spiro atoms. The number of aromatic nitrogens is 6. The minimum Gasteiger partial charge on any atom is -0.459 e. The standard InChI is InChI=1S/C51H84N8O12/c1-14-40-51(10,65)44(61)34(6)57(12)28-30(2)26-49(8,64)46(32(4)43(33(5)47(63)69-40)70-41-27-50(9,66-13)45(62)35(7)68-41)71-48-42(60)39(25-31(3)67-48)56(11)22-20-37-29-58(55-53-37)23-19-36-15-17-38(18-16-36)59-24-21-52-54-59/h15-18,21,24,29-35,39-46,48,60-62,64-65H,14,19-20,22-23,25-28H2,1-13H3/t30-,31-,32+,33-,34-,35+,39+,40-,41+,42-,43+,44-,45+,46-,48+,49-,50-,51-/m1/s1. The molecule has 18 atom stereocenters. The van der Waals surface area contributed by atoms with Gasteiger partial charge in [0.25, 0.3) is 0 Å². The molecule has 0 saturated carbocycles. The third kappa shape index (κ3) is 13.4. The Labute approximate surface area is 419 Å². The van der Waals surface area contributed by atoms with Crippen LogP contribution in [0.2, 0.25) is 0 Å². The van der Waals surface area contributed by atoms with Gasteiger partial charge in [0.05, 0.1) is 65.3 Å². The summed E-state index contributed by atoms with van der Waals surface area (Å²) in [7, 11) is 5.30. The fourth-order valence-corrected chi connectivity index (χ4v) is 11.1. The van der Waals surface area contributed by atoms with Crippen molar-refractivity contribution >= 4 is 5.97 Å². The molecule has 71 heavy (non-hydrogen) atoms. The summed E-state index contributed by atoms with van der Waals surface area (Å²) >= 11 is 0. The molecule has 3 aliphatic heterocycles. The maximum atomic E-state index is 14.5. The number of rotatable bonds is 14. The number of carbonyl (C=O) groups is 1. The molecular formula is C51H84N8O12. The molecule has 2 aromatic heterocycles. The largest absolute Gasteiger partial charge is 0.459 e. The van der Waals surface area contributed by atoms with Crippen LogP contribution in [0.3, 0.4) is 0 Å². The molecule has 20 nitrogen and oxygen atoms in total. The van der Waals surface area contributed by atoms with Crippen molar-refractivity contribution in [3.05, 3.63) is 54.1 Å². The molecule has 0 radical (unpaired) electrons. The Bertz CT molecular complexity index is 2110. The number of esters is 1. The zero-order chi connectivity index (χ0) is 52.2. The molecule has 5 heterocycles. The fraction of sp³-hybridized carbons (Fsp3) is 0.784. The van der Waals surface area contributed by atoms with Gasteiger partial charge < -0.3 is 63.8 Å². The lowest BCUT2D eigenvalue weighted by atomic mass is 9.77. The topological polar surface area (TPSA) is 242 Å². The molecule has 1 aromatic carbocycles. The van der Waals surface area contributed by atoms with E-state index in [0.29, 0.717) is 32.5 Å². The van der Waals surface area contributed by atoms with Gasteiger partial charge in [0.1, 0.15) is 30.0 Å². The molecular weight excluding hydrogens is 917 g/mol. The summed E-state index contributed by atoms with van der Waals surface area (Å²) in [6.07, 6.45) is -2.22. The van der Waals surface area contributed by atoms with Gasteiger partial charge in [-0.2, -0.15) is 0 Å². The van der Waals surface area contributed by atoms with Crippen molar-refractivity contribution in [2.75, 3.05) is 34.3 Å². The van der Waals surface area contributed by atoms with Crippen LogP contribution in [0.15, 0.2) is 42.9 Å². The SMILES string of the molecule is CC[C@H]1OC(=O)[C@H](C)[C@@H](O[C@H]2C[C@@](C)(OC)[C@@H](O)[C@H](C)O2)[C@H](C)[C@@H](O[C@@H]2O[C@H](C)C[C@H](N(C)CCc3cn(CCc4ccc(-n5ccnn5)cc4)nn3)[C@H]2O)[C@](C)(O)C[C@@H](C)CN(C)[C@H](C)[C@@H](O)[C@]1(C)O. The van der Waals surface area contributed by atoms with E-state index in [1.54, 1.807) is 58.6 Å². The smallest absolute Gasteiger partial charge is 0.311 e. The van der Waals surface area contributed by atoms with E-state index in [9.17, 15) is 30.3 Å². The van der Waals surface area contributed by atoms with Crippen LogP contribution in [0, 0.1) is 17.8 Å². The van der Waals surface area contributed by atoms with Crippen LogP contribution < -0.4 is 0 Å². The molecule has 3 fully saturated rings. The highest BCUT2D eigenvalue weighted by atomic mass is 16.7. The van der Waals surface area contributed by atoms with Crippen molar-refractivity contribution in [3.8, 4) is 5.69 Å².